The second kappa shape index (κ2) is 6.25. The molecule has 1 unspecified atom stereocenters. The molecule has 3 N–H and O–H groups in total. The third-order valence-corrected chi connectivity index (χ3v) is 2.64. The van der Waals surface area contributed by atoms with Crippen LogP contribution in [0.1, 0.15) is 5.56 Å². The molecule has 0 amide bonds. The van der Waals surface area contributed by atoms with Gasteiger partial charge in [0, 0.05) is 13.1 Å². The van der Waals surface area contributed by atoms with E-state index in [2.05, 4.69) is 0 Å². The normalized spacial score (nSPS) is 12.7. The summed E-state index contributed by atoms with van der Waals surface area (Å²) in [6.07, 6.45) is 0.834. The molecule has 0 saturated carbocycles. The summed E-state index contributed by atoms with van der Waals surface area (Å²) in [5.74, 6) is -0.863. The van der Waals surface area contributed by atoms with Crippen LogP contribution in [0.4, 0.5) is 0 Å². The number of hydrogen-bond donors (Lipinski definition) is 2. The molecule has 0 spiro atoms. The molecule has 0 saturated heterocycles. The Bertz CT molecular complexity index is 327. The fourth-order valence-corrected chi connectivity index (χ4v) is 1.58. The van der Waals surface area contributed by atoms with E-state index in [1.165, 1.54) is 5.56 Å². The van der Waals surface area contributed by atoms with Crippen LogP contribution in [0.3, 0.4) is 0 Å². The summed E-state index contributed by atoms with van der Waals surface area (Å²) in [6, 6.07) is 9.40. The van der Waals surface area contributed by atoms with E-state index in [0.717, 1.165) is 6.42 Å². The van der Waals surface area contributed by atoms with Crippen molar-refractivity contribution in [3.8, 4) is 0 Å². The highest BCUT2D eigenvalue weighted by molar-refractivity contribution is 5.73. The van der Waals surface area contributed by atoms with E-state index in [-0.39, 0.29) is 6.54 Å². The standard InChI is InChI=1S/C12H18N2O2/c1-14(11(9-13)12(15)16)8-7-10-5-3-2-4-6-10/h2-6,11H,7-9,13H2,1H3,(H,15,16). The van der Waals surface area contributed by atoms with Crippen LogP contribution in [0.5, 0.6) is 0 Å². The fourth-order valence-electron chi connectivity index (χ4n) is 1.58. The Kier molecular flexibility index (Phi) is 4.95. The zero-order valence-corrected chi connectivity index (χ0v) is 9.47. The highest BCUT2D eigenvalue weighted by atomic mass is 16.4. The molecular formula is C12H18N2O2. The molecule has 0 bridgehead atoms. The Hall–Kier alpha value is -1.39. The van der Waals surface area contributed by atoms with E-state index in [1.807, 2.05) is 30.3 Å². The zero-order chi connectivity index (χ0) is 12.0. The van der Waals surface area contributed by atoms with E-state index in [1.54, 1.807) is 11.9 Å². The van der Waals surface area contributed by atoms with E-state index in [4.69, 9.17) is 10.8 Å². The number of hydrogen-bond acceptors (Lipinski definition) is 3. The molecule has 4 nitrogen and oxygen atoms in total. The van der Waals surface area contributed by atoms with Gasteiger partial charge in [-0.05, 0) is 19.0 Å². The lowest BCUT2D eigenvalue weighted by atomic mass is 10.1. The van der Waals surface area contributed by atoms with Crippen LogP contribution < -0.4 is 5.73 Å². The molecule has 4 heteroatoms. The van der Waals surface area contributed by atoms with Gasteiger partial charge in [-0.15, -0.1) is 0 Å². The quantitative estimate of drug-likeness (QED) is 0.738. The summed E-state index contributed by atoms with van der Waals surface area (Å²) < 4.78 is 0. The Morgan fingerprint density at radius 2 is 2.06 bits per heavy atom. The maximum absolute atomic E-state index is 10.9. The second-order valence-electron chi connectivity index (χ2n) is 3.81. The van der Waals surface area contributed by atoms with Gasteiger partial charge in [-0.3, -0.25) is 9.69 Å². The summed E-state index contributed by atoms with van der Waals surface area (Å²) in [7, 11) is 1.79. The Labute approximate surface area is 95.7 Å². The van der Waals surface area contributed by atoms with Crippen LogP contribution in [0.25, 0.3) is 0 Å². The third-order valence-electron chi connectivity index (χ3n) is 2.64. The van der Waals surface area contributed by atoms with Gasteiger partial charge in [-0.25, -0.2) is 0 Å². The van der Waals surface area contributed by atoms with Gasteiger partial charge in [-0.1, -0.05) is 30.3 Å². The van der Waals surface area contributed by atoms with Crippen LogP contribution in [-0.4, -0.2) is 42.2 Å². The summed E-state index contributed by atoms with van der Waals surface area (Å²) in [5.41, 5.74) is 6.63. The molecule has 1 rings (SSSR count). The van der Waals surface area contributed by atoms with Gasteiger partial charge >= 0.3 is 5.97 Å². The van der Waals surface area contributed by atoms with Gasteiger partial charge in [0.15, 0.2) is 0 Å². The lowest BCUT2D eigenvalue weighted by molar-refractivity contribution is -0.142. The van der Waals surface area contributed by atoms with Crippen LogP contribution >= 0.6 is 0 Å². The van der Waals surface area contributed by atoms with Crippen LogP contribution in [0.2, 0.25) is 0 Å². The molecule has 0 radical (unpaired) electrons. The Morgan fingerprint density at radius 1 is 1.44 bits per heavy atom. The smallest absolute Gasteiger partial charge is 0.322 e. The van der Waals surface area contributed by atoms with E-state index in [0.29, 0.717) is 6.54 Å². The minimum absolute atomic E-state index is 0.140. The van der Waals surface area contributed by atoms with Gasteiger partial charge in [0.05, 0.1) is 0 Å². The van der Waals surface area contributed by atoms with Gasteiger partial charge < -0.3 is 10.8 Å². The molecule has 16 heavy (non-hydrogen) atoms. The van der Waals surface area contributed by atoms with Gasteiger partial charge in [0.2, 0.25) is 0 Å². The minimum atomic E-state index is -0.863. The number of nitrogens with zero attached hydrogens (tertiary/aromatic N) is 1. The Balaban J connectivity index is 2.46. The topological polar surface area (TPSA) is 66.6 Å². The molecule has 1 atom stereocenters. The highest BCUT2D eigenvalue weighted by Gasteiger charge is 2.19. The molecule has 0 aliphatic rings. The van der Waals surface area contributed by atoms with Crippen LogP contribution in [0, 0.1) is 0 Å². The molecule has 0 heterocycles. The van der Waals surface area contributed by atoms with Crippen molar-refractivity contribution >= 4 is 5.97 Å². The van der Waals surface area contributed by atoms with Crippen LogP contribution in [0.15, 0.2) is 30.3 Å². The number of rotatable bonds is 6. The van der Waals surface area contributed by atoms with Crippen molar-refractivity contribution < 1.29 is 9.90 Å². The first-order chi connectivity index (χ1) is 7.65. The maximum Gasteiger partial charge on any atom is 0.322 e. The molecule has 0 aromatic heterocycles. The number of carbonyl (C=O) groups is 1. The number of benzene rings is 1. The first-order valence-corrected chi connectivity index (χ1v) is 5.32. The van der Waals surface area contributed by atoms with E-state index in [9.17, 15) is 4.79 Å². The molecule has 88 valence electrons. The summed E-state index contributed by atoms with van der Waals surface area (Å²) in [6.45, 7) is 0.832. The highest BCUT2D eigenvalue weighted by Crippen LogP contribution is 2.02. The zero-order valence-electron chi connectivity index (χ0n) is 9.47. The fraction of sp³-hybridized carbons (Fsp3) is 0.417. The Morgan fingerprint density at radius 3 is 2.56 bits per heavy atom. The maximum atomic E-state index is 10.9. The lowest BCUT2D eigenvalue weighted by Crippen LogP contribution is -2.44. The predicted molar refractivity (Wildman–Crippen MR) is 63.3 cm³/mol. The van der Waals surface area contributed by atoms with Gasteiger partial charge in [-0.2, -0.15) is 0 Å². The SMILES string of the molecule is CN(CCc1ccccc1)C(CN)C(=O)O. The average molecular weight is 222 g/mol. The van der Waals surface area contributed by atoms with Crippen molar-refractivity contribution in [2.75, 3.05) is 20.1 Å². The molecule has 1 aromatic rings. The summed E-state index contributed by atoms with van der Waals surface area (Å²) in [4.78, 5) is 12.6. The van der Waals surface area contributed by atoms with Crippen molar-refractivity contribution in [2.24, 2.45) is 5.73 Å². The first-order valence-electron chi connectivity index (χ1n) is 5.32. The third kappa shape index (κ3) is 3.64. The molecule has 1 aromatic carbocycles. The van der Waals surface area contributed by atoms with E-state index >= 15 is 0 Å². The van der Waals surface area contributed by atoms with Crippen molar-refractivity contribution in [3.05, 3.63) is 35.9 Å². The van der Waals surface area contributed by atoms with Crippen molar-refractivity contribution in [1.82, 2.24) is 4.90 Å². The number of nitrogens with two attached hydrogens (primary N) is 1. The number of likely N-dealkylation sites (N-methyl/N-ethyl adjacent to an activating group) is 1. The van der Waals surface area contributed by atoms with Crippen molar-refractivity contribution in [3.63, 3.8) is 0 Å². The number of aliphatic carboxylic acids is 1. The van der Waals surface area contributed by atoms with Crippen molar-refractivity contribution in [2.45, 2.75) is 12.5 Å². The van der Waals surface area contributed by atoms with Gasteiger partial charge in [0.1, 0.15) is 6.04 Å². The summed E-state index contributed by atoms with van der Waals surface area (Å²) >= 11 is 0. The van der Waals surface area contributed by atoms with Gasteiger partial charge in [0.25, 0.3) is 0 Å². The molecule has 0 aliphatic carbocycles. The molecular weight excluding hydrogens is 204 g/mol. The number of carboxylic acids is 1. The lowest BCUT2D eigenvalue weighted by Gasteiger charge is -2.23. The average Bonchev–Trinajstić information content (AvgIpc) is 2.28. The monoisotopic (exact) mass is 222 g/mol. The summed E-state index contributed by atoms with van der Waals surface area (Å²) in [5, 5.41) is 8.92. The number of carboxylic acid groups (broad SMARTS) is 1. The molecule has 0 aliphatic heterocycles. The minimum Gasteiger partial charge on any atom is -0.480 e. The van der Waals surface area contributed by atoms with Crippen LogP contribution in [-0.2, 0) is 11.2 Å². The first kappa shape index (κ1) is 12.7. The van der Waals surface area contributed by atoms with Crippen molar-refractivity contribution in [1.29, 1.82) is 0 Å². The predicted octanol–water partition coefficient (Wildman–Crippen LogP) is 0.573. The second-order valence-corrected chi connectivity index (χ2v) is 3.81. The molecule has 0 fully saturated rings. The largest absolute Gasteiger partial charge is 0.480 e. The van der Waals surface area contributed by atoms with E-state index < -0.39 is 12.0 Å².